The summed E-state index contributed by atoms with van der Waals surface area (Å²) >= 11 is 0. The Balaban J connectivity index is 1.18. The summed E-state index contributed by atoms with van der Waals surface area (Å²) in [6.07, 6.45) is 1.86. The first kappa shape index (κ1) is 22.6. The van der Waals surface area contributed by atoms with Crippen molar-refractivity contribution in [2.45, 2.75) is 0 Å². The summed E-state index contributed by atoms with van der Waals surface area (Å²) < 4.78 is 0. The molecule has 3 heteroatoms. The van der Waals surface area contributed by atoms with E-state index >= 15 is 0 Å². The van der Waals surface area contributed by atoms with E-state index in [4.69, 9.17) is 9.97 Å². The van der Waals surface area contributed by atoms with Crippen molar-refractivity contribution in [3.8, 4) is 33.6 Å². The van der Waals surface area contributed by atoms with E-state index in [9.17, 15) is 0 Å². The van der Waals surface area contributed by atoms with Gasteiger partial charge in [-0.2, -0.15) is 0 Å². The molecular formula is C37H23N3. The molecule has 8 rings (SSSR count). The highest BCUT2D eigenvalue weighted by atomic mass is 14.7. The molecule has 3 nitrogen and oxygen atoms in total. The van der Waals surface area contributed by atoms with Crippen LogP contribution in [0.2, 0.25) is 0 Å². The molecule has 0 radical (unpaired) electrons. The number of benzene rings is 5. The lowest BCUT2D eigenvalue weighted by molar-refractivity contribution is 1.40. The van der Waals surface area contributed by atoms with Gasteiger partial charge in [-0.15, -0.1) is 0 Å². The molecule has 0 atom stereocenters. The monoisotopic (exact) mass is 509 g/mol. The van der Waals surface area contributed by atoms with E-state index in [1.54, 1.807) is 0 Å². The van der Waals surface area contributed by atoms with Gasteiger partial charge in [0.05, 0.1) is 27.9 Å². The van der Waals surface area contributed by atoms with Crippen LogP contribution in [0, 0.1) is 0 Å². The topological polar surface area (TPSA) is 38.7 Å². The van der Waals surface area contributed by atoms with Crippen LogP contribution in [0.15, 0.2) is 140 Å². The maximum Gasteiger partial charge on any atom is 0.0780 e. The Morgan fingerprint density at radius 2 is 1.05 bits per heavy atom. The maximum atomic E-state index is 5.10. The molecule has 0 fully saturated rings. The highest BCUT2D eigenvalue weighted by Crippen LogP contribution is 2.35. The predicted molar refractivity (Wildman–Crippen MR) is 166 cm³/mol. The minimum Gasteiger partial charge on any atom is -0.256 e. The molecule has 0 amide bonds. The minimum absolute atomic E-state index is 0.966. The Morgan fingerprint density at radius 3 is 1.80 bits per heavy atom. The predicted octanol–water partition coefficient (Wildman–Crippen LogP) is 9.49. The van der Waals surface area contributed by atoms with Gasteiger partial charge in [0.1, 0.15) is 0 Å². The first-order valence-electron chi connectivity index (χ1n) is 13.4. The van der Waals surface area contributed by atoms with Gasteiger partial charge in [0, 0.05) is 38.9 Å². The van der Waals surface area contributed by atoms with Crippen molar-refractivity contribution >= 4 is 43.5 Å². The van der Waals surface area contributed by atoms with E-state index in [1.807, 2.05) is 30.5 Å². The molecule has 0 saturated carbocycles. The van der Waals surface area contributed by atoms with Crippen LogP contribution in [-0.4, -0.2) is 15.0 Å². The second kappa shape index (κ2) is 9.11. The fraction of sp³-hybridized carbons (Fsp3) is 0. The molecular weight excluding hydrogens is 486 g/mol. The van der Waals surface area contributed by atoms with Crippen LogP contribution in [0.3, 0.4) is 0 Å². The van der Waals surface area contributed by atoms with E-state index < -0.39 is 0 Å². The Morgan fingerprint density at radius 1 is 0.400 bits per heavy atom. The number of rotatable bonds is 3. The first-order chi connectivity index (χ1) is 19.8. The molecule has 0 bridgehead atoms. The second-order valence-electron chi connectivity index (χ2n) is 10.1. The molecule has 0 aliphatic rings. The number of fused-ring (bicyclic) bond motifs is 5. The highest BCUT2D eigenvalue weighted by molar-refractivity contribution is 6.12. The zero-order chi connectivity index (χ0) is 26.5. The third-order valence-corrected chi connectivity index (χ3v) is 7.67. The van der Waals surface area contributed by atoms with Gasteiger partial charge < -0.3 is 0 Å². The van der Waals surface area contributed by atoms with E-state index in [-0.39, 0.29) is 0 Å². The minimum atomic E-state index is 0.966. The van der Waals surface area contributed by atoms with Crippen molar-refractivity contribution in [3.05, 3.63) is 140 Å². The van der Waals surface area contributed by atoms with Crippen molar-refractivity contribution < 1.29 is 0 Å². The average Bonchev–Trinajstić information content (AvgIpc) is 3.04. The standard InChI is InChI=1S/C37H23N3/c1-2-7-24(8-3-1)33-18-14-27-21-25(12-16-34(27)39-33)26-13-17-35-28(22-26)15-19-36(40-35)32-23-29-9-6-20-38-37(29)31-11-5-4-10-30(31)32/h1-23H. The Hall–Kier alpha value is -5.41. The lowest BCUT2D eigenvalue weighted by Gasteiger charge is -2.11. The van der Waals surface area contributed by atoms with E-state index in [0.717, 1.165) is 66.0 Å². The molecule has 40 heavy (non-hydrogen) atoms. The molecule has 186 valence electrons. The van der Waals surface area contributed by atoms with Crippen molar-refractivity contribution in [2.75, 3.05) is 0 Å². The van der Waals surface area contributed by atoms with Crippen LogP contribution in [0.4, 0.5) is 0 Å². The molecule has 0 saturated heterocycles. The number of hydrogen-bond donors (Lipinski definition) is 0. The normalized spacial score (nSPS) is 11.5. The van der Waals surface area contributed by atoms with Gasteiger partial charge in [-0.05, 0) is 65.0 Å². The molecule has 0 aliphatic carbocycles. The fourth-order valence-corrected chi connectivity index (χ4v) is 5.66. The van der Waals surface area contributed by atoms with Gasteiger partial charge >= 0.3 is 0 Å². The Kier molecular flexibility index (Phi) is 5.14. The van der Waals surface area contributed by atoms with Gasteiger partial charge in [0.15, 0.2) is 0 Å². The van der Waals surface area contributed by atoms with Gasteiger partial charge in [0.2, 0.25) is 0 Å². The zero-order valence-electron chi connectivity index (χ0n) is 21.6. The molecule has 5 aromatic carbocycles. The van der Waals surface area contributed by atoms with Crippen molar-refractivity contribution in [1.29, 1.82) is 0 Å². The molecule has 0 unspecified atom stereocenters. The summed E-state index contributed by atoms with van der Waals surface area (Å²) in [5.41, 5.74) is 9.54. The summed E-state index contributed by atoms with van der Waals surface area (Å²) in [7, 11) is 0. The largest absolute Gasteiger partial charge is 0.256 e. The van der Waals surface area contributed by atoms with Crippen LogP contribution in [0.25, 0.3) is 77.1 Å². The SMILES string of the molecule is c1ccc(-c2ccc3cc(-c4ccc5nc(-c6cc7cccnc7c7ccccc67)ccc5c4)ccc3n2)cc1. The molecule has 0 N–H and O–H groups in total. The van der Waals surface area contributed by atoms with Gasteiger partial charge in [-0.3, -0.25) is 4.98 Å². The first-order valence-corrected chi connectivity index (χ1v) is 13.4. The van der Waals surface area contributed by atoms with Gasteiger partial charge in [-0.25, -0.2) is 9.97 Å². The lowest BCUT2D eigenvalue weighted by Crippen LogP contribution is -1.90. The third kappa shape index (κ3) is 3.79. The van der Waals surface area contributed by atoms with Crippen LogP contribution in [-0.2, 0) is 0 Å². The summed E-state index contributed by atoms with van der Waals surface area (Å²) in [4.78, 5) is 14.6. The Bertz CT molecular complexity index is 2220. The maximum absolute atomic E-state index is 5.10. The van der Waals surface area contributed by atoms with Crippen molar-refractivity contribution in [3.63, 3.8) is 0 Å². The third-order valence-electron chi connectivity index (χ3n) is 7.67. The molecule has 8 aromatic rings. The highest BCUT2D eigenvalue weighted by Gasteiger charge is 2.11. The Labute approximate surface area is 231 Å². The molecule has 0 spiro atoms. The number of nitrogens with zero attached hydrogens (tertiary/aromatic N) is 3. The van der Waals surface area contributed by atoms with Gasteiger partial charge in [0.25, 0.3) is 0 Å². The quantitative estimate of drug-likeness (QED) is 0.223. The van der Waals surface area contributed by atoms with Gasteiger partial charge in [-0.1, -0.05) is 84.9 Å². The number of aromatic nitrogens is 3. The van der Waals surface area contributed by atoms with Crippen LogP contribution in [0.1, 0.15) is 0 Å². The number of hydrogen-bond acceptors (Lipinski definition) is 3. The van der Waals surface area contributed by atoms with Crippen LogP contribution < -0.4 is 0 Å². The molecule has 3 aromatic heterocycles. The molecule has 3 heterocycles. The lowest BCUT2D eigenvalue weighted by atomic mass is 9.97. The molecule has 0 aliphatic heterocycles. The summed E-state index contributed by atoms with van der Waals surface area (Å²) in [6.45, 7) is 0. The van der Waals surface area contributed by atoms with Crippen LogP contribution >= 0.6 is 0 Å². The van der Waals surface area contributed by atoms with Crippen molar-refractivity contribution in [2.24, 2.45) is 0 Å². The van der Waals surface area contributed by atoms with Crippen molar-refractivity contribution in [1.82, 2.24) is 15.0 Å². The smallest absolute Gasteiger partial charge is 0.0780 e. The summed E-state index contributed by atoms with van der Waals surface area (Å²) in [5.74, 6) is 0. The van der Waals surface area contributed by atoms with E-state index in [0.29, 0.717) is 0 Å². The summed E-state index contributed by atoms with van der Waals surface area (Å²) in [5, 5.41) is 5.68. The average molecular weight is 510 g/mol. The van der Waals surface area contributed by atoms with E-state index in [1.165, 1.54) is 11.1 Å². The second-order valence-corrected chi connectivity index (χ2v) is 10.1. The zero-order valence-corrected chi connectivity index (χ0v) is 21.6. The number of pyridine rings is 3. The van der Waals surface area contributed by atoms with Crippen LogP contribution in [0.5, 0.6) is 0 Å². The fourth-order valence-electron chi connectivity index (χ4n) is 5.66. The van der Waals surface area contributed by atoms with E-state index in [2.05, 4.69) is 114 Å². The summed E-state index contributed by atoms with van der Waals surface area (Å²) in [6, 6.07) is 46.6.